The summed E-state index contributed by atoms with van der Waals surface area (Å²) in [6.45, 7) is 1.54. The number of hydrogen-bond donors (Lipinski definition) is 2. The third-order valence-electron chi connectivity index (χ3n) is 6.57. The maximum atomic E-state index is 13.1. The van der Waals surface area contributed by atoms with Crippen LogP contribution in [-0.4, -0.2) is 49.9 Å². The van der Waals surface area contributed by atoms with Crippen molar-refractivity contribution in [2.45, 2.75) is 44.7 Å². The van der Waals surface area contributed by atoms with Crippen molar-refractivity contribution >= 4 is 28.6 Å². The number of nitrogens with zero attached hydrogens (tertiary/aromatic N) is 1. The van der Waals surface area contributed by atoms with Crippen LogP contribution in [0.3, 0.4) is 0 Å². The molecule has 0 radical (unpaired) electrons. The van der Waals surface area contributed by atoms with Gasteiger partial charge in [0.15, 0.2) is 5.78 Å². The van der Waals surface area contributed by atoms with E-state index in [9.17, 15) is 9.59 Å². The van der Waals surface area contributed by atoms with Crippen LogP contribution >= 0.6 is 0 Å². The van der Waals surface area contributed by atoms with Crippen molar-refractivity contribution in [3.63, 3.8) is 0 Å². The van der Waals surface area contributed by atoms with Gasteiger partial charge >= 0.3 is 0 Å². The number of Topliss-reactive ketones (excluding diaryl/α,β-unsaturated/α-hetero) is 1. The van der Waals surface area contributed by atoms with E-state index in [1.807, 2.05) is 36.4 Å². The lowest BCUT2D eigenvalue weighted by Gasteiger charge is -2.34. The second kappa shape index (κ2) is 9.17. The molecular formula is C26H31N3O3. The van der Waals surface area contributed by atoms with Crippen LogP contribution in [0.5, 0.6) is 5.75 Å². The first kappa shape index (κ1) is 22.1. The fraction of sp³-hybridized carbons (Fsp3) is 0.385. The van der Waals surface area contributed by atoms with Crippen LogP contribution in [0, 0.1) is 0 Å². The zero-order chi connectivity index (χ0) is 22.8. The van der Waals surface area contributed by atoms with Crippen LogP contribution in [-0.2, 0) is 4.79 Å². The third-order valence-corrected chi connectivity index (χ3v) is 6.57. The van der Waals surface area contributed by atoms with E-state index in [0.717, 1.165) is 53.9 Å². The maximum absolute atomic E-state index is 13.1. The predicted octanol–water partition coefficient (Wildman–Crippen LogP) is 4.18. The summed E-state index contributed by atoms with van der Waals surface area (Å²) < 4.78 is 5.32. The number of carbonyl (C=O) groups is 2. The van der Waals surface area contributed by atoms with Gasteiger partial charge in [0.2, 0.25) is 0 Å². The number of amides is 1. The molecule has 1 saturated carbocycles. The fourth-order valence-electron chi connectivity index (χ4n) is 4.63. The van der Waals surface area contributed by atoms with Crippen LogP contribution in [0.4, 0.5) is 5.69 Å². The summed E-state index contributed by atoms with van der Waals surface area (Å²) >= 11 is 0. The standard InChI is InChI=1S/C26H31N3O3/c1-16(30)18-7-14-23-22(15-18)24(26(31)28-23)25(17-5-12-21(32-4)13-6-17)27-19-8-10-20(11-9-19)29(2)3/h5-7,12-15,19-20,27H,8-11H2,1-4H3,(H,28,31)/b25-24-. The average molecular weight is 434 g/mol. The molecule has 2 aliphatic rings. The van der Waals surface area contributed by atoms with E-state index >= 15 is 0 Å². The molecule has 0 saturated heterocycles. The SMILES string of the molecule is COc1ccc(/C(NC2CCC(N(C)C)CC2)=C2/C(=O)Nc3ccc(C(C)=O)cc32)cc1. The molecule has 0 atom stereocenters. The molecule has 0 spiro atoms. The lowest BCUT2D eigenvalue weighted by atomic mass is 9.89. The molecule has 2 aromatic carbocycles. The molecule has 1 aliphatic carbocycles. The van der Waals surface area contributed by atoms with Crippen molar-refractivity contribution in [2.24, 2.45) is 0 Å². The number of fused-ring (bicyclic) bond motifs is 1. The highest BCUT2D eigenvalue weighted by Crippen LogP contribution is 2.38. The number of ketones is 1. The first-order chi connectivity index (χ1) is 15.4. The molecule has 1 heterocycles. The van der Waals surface area contributed by atoms with Crippen molar-refractivity contribution < 1.29 is 14.3 Å². The summed E-state index contributed by atoms with van der Waals surface area (Å²) in [4.78, 5) is 27.4. The average Bonchev–Trinajstić information content (AvgIpc) is 3.12. The largest absolute Gasteiger partial charge is 0.497 e. The fourth-order valence-corrected chi connectivity index (χ4v) is 4.63. The summed E-state index contributed by atoms with van der Waals surface area (Å²) in [5.41, 5.74) is 4.41. The zero-order valence-electron chi connectivity index (χ0n) is 19.2. The van der Waals surface area contributed by atoms with E-state index < -0.39 is 0 Å². The number of anilines is 1. The van der Waals surface area contributed by atoms with Gasteiger partial charge in [-0.05, 0) is 94.7 Å². The van der Waals surface area contributed by atoms with Crippen LogP contribution in [0.2, 0.25) is 0 Å². The lowest BCUT2D eigenvalue weighted by Crippen LogP contribution is -2.39. The highest BCUT2D eigenvalue weighted by Gasteiger charge is 2.31. The minimum atomic E-state index is -0.152. The topological polar surface area (TPSA) is 70.7 Å². The van der Waals surface area contributed by atoms with Crippen molar-refractivity contribution in [3.8, 4) is 5.75 Å². The highest BCUT2D eigenvalue weighted by molar-refractivity contribution is 6.36. The minimum absolute atomic E-state index is 0.0209. The van der Waals surface area contributed by atoms with E-state index in [1.165, 1.54) is 0 Å². The van der Waals surface area contributed by atoms with E-state index in [-0.39, 0.29) is 17.7 Å². The lowest BCUT2D eigenvalue weighted by molar-refractivity contribution is -0.110. The summed E-state index contributed by atoms with van der Waals surface area (Å²) in [6.07, 6.45) is 4.32. The molecule has 6 nitrogen and oxygen atoms in total. The molecule has 2 aromatic rings. The molecule has 0 bridgehead atoms. The molecule has 1 fully saturated rings. The van der Waals surface area contributed by atoms with Gasteiger partial charge < -0.3 is 20.3 Å². The van der Waals surface area contributed by atoms with Crippen molar-refractivity contribution in [1.29, 1.82) is 0 Å². The number of hydrogen-bond acceptors (Lipinski definition) is 5. The van der Waals surface area contributed by atoms with Gasteiger partial charge in [-0.25, -0.2) is 0 Å². The molecule has 4 rings (SSSR count). The van der Waals surface area contributed by atoms with Crippen LogP contribution in [0.15, 0.2) is 42.5 Å². The Balaban J connectivity index is 1.76. The molecule has 6 heteroatoms. The number of methoxy groups -OCH3 is 1. The Kier molecular flexibility index (Phi) is 6.33. The highest BCUT2D eigenvalue weighted by atomic mass is 16.5. The Bertz CT molecular complexity index is 1050. The number of benzene rings is 2. The second-order valence-corrected chi connectivity index (χ2v) is 8.86. The monoisotopic (exact) mass is 433 g/mol. The van der Waals surface area contributed by atoms with Gasteiger partial charge in [0.05, 0.1) is 18.4 Å². The van der Waals surface area contributed by atoms with Gasteiger partial charge in [-0.15, -0.1) is 0 Å². The second-order valence-electron chi connectivity index (χ2n) is 8.86. The normalized spacial score (nSPS) is 21.7. The quantitative estimate of drug-likeness (QED) is 0.528. The summed E-state index contributed by atoms with van der Waals surface area (Å²) in [5.74, 6) is 0.591. The van der Waals surface area contributed by atoms with Gasteiger partial charge in [0.25, 0.3) is 5.91 Å². The first-order valence-corrected chi connectivity index (χ1v) is 11.2. The Morgan fingerprint density at radius 3 is 2.28 bits per heavy atom. The number of ether oxygens (including phenoxy) is 1. The Morgan fingerprint density at radius 2 is 1.69 bits per heavy atom. The molecule has 2 N–H and O–H groups in total. The van der Waals surface area contributed by atoms with Gasteiger partial charge in [-0.1, -0.05) is 0 Å². The Labute approximate surface area is 189 Å². The van der Waals surface area contributed by atoms with E-state index in [0.29, 0.717) is 17.2 Å². The smallest absolute Gasteiger partial charge is 0.258 e. The molecular weight excluding hydrogens is 402 g/mol. The minimum Gasteiger partial charge on any atom is -0.497 e. The van der Waals surface area contributed by atoms with Crippen molar-refractivity contribution in [2.75, 3.05) is 26.5 Å². The van der Waals surface area contributed by atoms with Gasteiger partial charge in [-0.2, -0.15) is 0 Å². The zero-order valence-corrected chi connectivity index (χ0v) is 19.2. The predicted molar refractivity (Wildman–Crippen MR) is 128 cm³/mol. The third kappa shape index (κ3) is 4.41. The van der Waals surface area contributed by atoms with Crippen LogP contribution in [0.1, 0.15) is 54.1 Å². The van der Waals surface area contributed by atoms with Crippen LogP contribution < -0.4 is 15.4 Å². The molecule has 0 aromatic heterocycles. The van der Waals surface area contributed by atoms with Crippen LogP contribution in [0.25, 0.3) is 11.3 Å². The maximum Gasteiger partial charge on any atom is 0.258 e. The summed E-state index contributed by atoms with van der Waals surface area (Å²) in [7, 11) is 5.91. The molecule has 0 unspecified atom stereocenters. The Morgan fingerprint density at radius 1 is 1.03 bits per heavy atom. The first-order valence-electron chi connectivity index (χ1n) is 11.2. The number of nitrogens with one attached hydrogen (secondary N) is 2. The van der Waals surface area contributed by atoms with Gasteiger partial charge in [-0.3, -0.25) is 9.59 Å². The van der Waals surface area contributed by atoms with E-state index in [4.69, 9.17) is 4.74 Å². The molecule has 1 aliphatic heterocycles. The van der Waals surface area contributed by atoms with Crippen molar-refractivity contribution in [1.82, 2.24) is 10.2 Å². The molecule has 168 valence electrons. The van der Waals surface area contributed by atoms with Crippen molar-refractivity contribution in [3.05, 3.63) is 59.2 Å². The number of carbonyl (C=O) groups excluding carboxylic acids is 2. The summed E-state index contributed by atoms with van der Waals surface area (Å²) in [6, 6.07) is 14.0. The van der Waals surface area contributed by atoms with Gasteiger partial charge in [0, 0.05) is 28.9 Å². The van der Waals surface area contributed by atoms with Gasteiger partial charge in [0.1, 0.15) is 5.75 Å². The van der Waals surface area contributed by atoms with E-state index in [1.54, 1.807) is 20.1 Å². The number of rotatable bonds is 6. The summed E-state index contributed by atoms with van der Waals surface area (Å²) in [5, 5.41) is 6.67. The molecule has 32 heavy (non-hydrogen) atoms. The molecule has 1 amide bonds. The van der Waals surface area contributed by atoms with E-state index in [2.05, 4.69) is 29.6 Å². The Hall–Kier alpha value is -3.12.